The second kappa shape index (κ2) is 7.42. The maximum Gasteiger partial charge on any atom is 0.139 e. The standard InChI is InChI=1S/C17H31NO/c18-17(14-19,13-16-9-5-2-6-10-16)12-11-15-7-3-1-4-8-15/h14-16H,1-13,18H2. The smallest absolute Gasteiger partial charge is 0.139 e. The van der Waals surface area contributed by atoms with Gasteiger partial charge >= 0.3 is 0 Å². The maximum atomic E-state index is 11.4. The van der Waals surface area contributed by atoms with E-state index >= 15 is 0 Å². The van der Waals surface area contributed by atoms with Gasteiger partial charge in [0.15, 0.2) is 0 Å². The Balaban J connectivity index is 1.77. The SMILES string of the molecule is NC(C=O)(CCC1CCCCC1)CC1CCCCC1. The van der Waals surface area contributed by atoms with Crippen molar-refractivity contribution in [1.29, 1.82) is 0 Å². The maximum absolute atomic E-state index is 11.4. The van der Waals surface area contributed by atoms with E-state index in [2.05, 4.69) is 0 Å². The number of aldehydes is 1. The first-order valence-electron chi connectivity index (χ1n) is 8.47. The van der Waals surface area contributed by atoms with Crippen LogP contribution in [0.4, 0.5) is 0 Å². The van der Waals surface area contributed by atoms with Crippen LogP contribution < -0.4 is 5.73 Å². The van der Waals surface area contributed by atoms with Crippen molar-refractivity contribution in [2.45, 2.75) is 89.0 Å². The third-order valence-corrected chi connectivity index (χ3v) is 5.37. The second-order valence-corrected chi connectivity index (χ2v) is 7.10. The zero-order chi connectivity index (χ0) is 13.6. The van der Waals surface area contributed by atoms with Crippen LogP contribution in [0.25, 0.3) is 0 Å². The molecule has 2 N–H and O–H groups in total. The van der Waals surface area contributed by atoms with Crippen molar-refractivity contribution in [3.8, 4) is 0 Å². The van der Waals surface area contributed by atoms with Crippen LogP contribution >= 0.6 is 0 Å². The van der Waals surface area contributed by atoms with Gasteiger partial charge in [-0.2, -0.15) is 0 Å². The summed E-state index contributed by atoms with van der Waals surface area (Å²) in [5.74, 6) is 1.54. The van der Waals surface area contributed by atoms with Gasteiger partial charge in [-0.15, -0.1) is 0 Å². The van der Waals surface area contributed by atoms with Gasteiger partial charge < -0.3 is 10.5 Å². The van der Waals surface area contributed by atoms with E-state index in [0.717, 1.165) is 25.0 Å². The number of carbonyl (C=O) groups is 1. The molecule has 0 aromatic carbocycles. The largest absolute Gasteiger partial charge is 0.319 e. The Kier molecular flexibility index (Phi) is 5.87. The normalized spacial score (nSPS) is 25.9. The Morgan fingerprint density at radius 3 is 1.95 bits per heavy atom. The average molecular weight is 265 g/mol. The van der Waals surface area contributed by atoms with E-state index in [-0.39, 0.29) is 0 Å². The molecule has 0 amide bonds. The zero-order valence-corrected chi connectivity index (χ0v) is 12.4. The van der Waals surface area contributed by atoms with Crippen LogP contribution in [0.15, 0.2) is 0 Å². The summed E-state index contributed by atoms with van der Waals surface area (Å²) in [6.07, 6.45) is 17.6. The highest BCUT2D eigenvalue weighted by Crippen LogP contribution is 2.33. The molecule has 2 saturated carbocycles. The zero-order valence-electron chi connectivity index (χ0n) is 12.4. The molecule has 2 aliphatic rings. The average Bonchev–Trinajstić information content (AvgIpc) is 2.47. The lowest BCUT2D eigenvalue weighted by atomic mass is 9.76. The number of carbonyl (C=O) groups excluding carboxylic acids is 1. The molecule has 0 aromatic rings. The summed E-state index contributed by atoms with van der Waals surface area (Å²) < 4.78 is 0. The van der Waals surface area contributed by atoms with Gasteiger partial charge in [0, 0.05) is 0 Å². The van der Waals surface area contributed by atoms with E-state index in [0.29, 0.717) is 5.92 Å². The number of rotatable bonds is 6. The topological polar surface area (TPSA) is 43.1 Å². The summed E-state index contributed by atoms with van der Waals surface area (Å²) in [6.45, 7) is 0. The molecular formula is C17H31NO. The molecule has 0 heterocycles. The molecule has 0 radical (unpaired) electrons. The quantitative estimate of drug-likeness (QED) is 0.731. The van der Waals surface area contributed by atoms with Gasteiger partial charge in [-0.3, -0.25) is 0 Å². The lowest BCUT2D eigenvalue weighted by molar-refractivity contribution is -0.113. The van der Waals surface area contributed by atoms with Crippen LogP contribution in [-0.2, 0) is 4.79 Å². The predicted molar refractivity (Wildman–Crippen MR) is 80.0 cm³/mol. The molecule has 2 fully saturated rings. The number of hydrogen-bond acceptors (Lipinski definition) is 2. The van der Waals surface area contributed by atoms with Crippen LogP contribution in [0.2, 0.25) is 0 Å². The Labute approximate surface area is 118 Å². The highest BCUT2D eigenvalue weighted by Gasteiger charge is 2.30. The monoisotopic (exact) mass is 265 g/mol. The third-order valence-electron chi connectivity index (χ3n) is 5.37. The van der Waals surface area contributed by atoms with E-state index in [1.54, 1.807) is 0 Å². The lowest BCUT2D eigenvalue weighted by Crippen LogP contribution is -2.44. The molecule has 0 bridgehead atoms. The fourth-order valence-electron chi connectivity index (χ4n) is 4.09. The minimum Gasteiger partial charge on any atom is -0.319 e. The molecule has 0 aliphatic heterocycles. The summed E-state index contributed by atoms with van der Waals surface area (Å²) in [7, 11) is 0. The molecule has 2 aliphatic carbocycles. The van der Waals surface area contributed by atoms with Crippen LogP contribution in [-0.4, -0.2) is 11.8 Å². The van der Waals surface area contributed by atoms with E-state index in [1.165, 1.54) is 70.6 Å². The molecule has 2 heteroatoms. The molecular weight excluding hydrogens is 234 g/mol. The van der Waals surface area contributed by atoms with Gasteiger partial charge in [-0.05, 0) is 31.1 Å². The molecule has 0 aromatic heterocycles. The van der Waals surface area contributed by atoms with E-state index in [4.69, 9.17) is 5.73 Å². The molecule has 2 rings (SSSR count). The first-order valence-corrected chi connectivity index (χ1v) is 8.47. The van der Waals surface area contributed by atoms with Crippen molar-refractivity contribution in [2.75, 3.05) is 0 Å². The molecule has 1 atom stereocenters. The van der Waals surface area contributed by atoms with Crippen LogP contribution in [0.1, 0.15) is 83.5 Å². The molecule has 110 valence electrons. The number of hydrogen-bond donors (Lipinski definition) is 1. The summed E-state index contributed by atoms with van der Waals surface area (Å²) in [4.78, 5) is 11.4. The first kappa shape index (κ1) is 15.0. The summed E-state index contributed by atoms with van der Waals surface area (Å²) in [6, 6.07) is 0. The fourth-order valence-corrected chi connectivity index (χ4v) is 4.09. The van der Waals surface area contributed by atoms with Gasteiger partial charge in [-0.25, -0.2) is 0 Å². The predicted octanol–water partition coefficient (Wildman–Crippen LogP) is 4.21. The van der Waals surface area contributed by atoms with Gasteiger partial charge in [0.05, 0.1) is 5.54 Å². The summed E-state index contributed by atoms with van der Waals surface area (Å²) in [5.41, 5.74) is 5.85. The van der Waals surface area contributed by atoms with Gasteiger partial charge in [0.25, 0.3) is 0 Å². The molecule has 2 nitrogen and oxygen atoms in total. The minimum absolute atomic E-state index is 0.528. The Morgan fingerprint density at radius 2 is 1.42 bits per heavy atom. The second-order valence-electron chi connectivity index (χ2n) is 7.10. The van der Waals surface area contributed by atoms with Crippen molar-refractivity contribution in [2.24, 2.45) is 17.6 Å². The van der Waals surface area contributed by atoms with Gasteiger partial charge in [0.1, 0.15) is 6.29 Å². The van der Waals surface area contributed by atoms with Crippen molar-refractivity contribution in [3.05, 3.63) is 0 Å². The fraction of sp³-hybridized carbons (Fsp3) is 0.941. The van der Waals surface area contributed by atoms with Crippen molar-refractivity contribution < 1.29 is 4.79 Å². The molecule has 0 spiro atoms. The Bertz CT molecular complexity index is 266. The lowest BCUT2D eigenvalue weighted by Gasteiger charge is -2.32. The summed E-state index contributed by atoms with van der Waals surface area (Å²) >= 11 is 0. The van der Waals surface area contributed by atoms with Gasteiger partial charge in [0.2, 0.25) is 0 Å². The molecule has 0 saturated heterocycles. The summed E-state index contributed by atoms with van der Waals surface area (Å²) in [5, 5.41) is 0. The first-order chi connectivity index (χ1) is 9.22. The molecule has 19 heavy (non-hydrogen) atoms. The van der Waals surface area contributed by atoms with Crippen LogP contribution in [0.5, 0.6) is 0 Å². The van der Waals surface area contributed by atoms with E-state index < -0.39 is 5.54 Å². The van der Waals surface area contributed by atoms with Crippen molar-refractivity contribution >= 4 is 6.29 Å². The number of nitrogens with two attached hydrogens (primary N) is 1. The third kappa shape index (κ3) is 4.91. The van der Waals surface area contributed by atoms with Gasteiger partial charge in [-0.1, -0.05) is 64.2 Å². The van der Waals surface area contributed by atoms with E-state index in [1.807, 2.05) is 0 Å². The van der Waals surface area contributed by atoms with Crippen LogP contribution in [0.3, 0.4) is 0 Å². The van der Waals surface area contributed by atoms with Crippen molar-refractivity contribution in [1.82, 2.24) is 0 Å². The Hall–Kier alpha value is -0.370. The minimum atomic E-state index is -0.528. The molecule has 1 unspecified atom stereocenters. The van der Waals surface area contributed by atoms with Crippen LogP contribution in [0, 0.1) is 11.8 Å². The highest BCUT2D eigenvalue weighted by molar-refractivity contribution is 5.63. The van der Waals surface area contributed by atoms with E-state index in [9.17, 15) is 4.79 Å². The van der Waals surface area contributed by atoms with Crippen molar-refractivity contribution in [3.63, 3.8) is 0 Å². The Morgan fingerprint density at radius 1 is 0.895 bits per heavy atom. The highest BCUT2D eigenvalue weighted by atomic mass is 16.1.